The molecule has 19 heavy (non-hydrogen) atoms. The molecule has 7 heteroatoms. The quantitative estimate of drug-likeness (QED) is 0.860. The van der Waals surface area contributed by atoms with Crippen LogP contribution in [-0.2, 0) is 4.79 Å². The predicted octanol–water partition coefficient (Wildman–Crippen LogP) is 1.86. The van der Waals surface area contributed by atoms with E-state index in [9.17, 15) is 4.79 Å². The fraction of sp³-hybridized carbons (Fsp3) is 0.250. The van der Waals surface area contributed by atoms with Crippen LogP contribution < -0.4 is 5.32 Å². The van der Waals surface area contributed by atoms with Crippen LogP contribution in [0.15, 0.2) is 24.7 Å². The number of hydrogen-bond acceptors (Lipinski definition) is 6. The number of rotatable bonds is 4. The van der Waals surface area contributed by atoms with Crippen LogP contribution in [0.25, 0.3) is 6.08 Å². The van der Waals surface area contributed by atoms with Gasteiger partial charge in [0.25, 0.3) is 0 Å². The van der Waals surface area contributed by atoms with E-state index in [1.165, 1.54) is 30.3 Å². The van der Waals surface area contributed by atoms with Gasteiger partial charge in [-0.15, -0.1) is 10.2 Å². The summed E-state index contributed by atoms with van der Waals surface area (Å²) >= 11 is 1.44. The summed E-state index contributed by atoms with van der Waals surface area (Å²) in [7, 11) is 0. The summed E-state index contributed by atoms with van der Waals surface area (Å²) in [5.74, 6) is 0.308. The molecule has 0 aliphatic heterocycles. The van der Waals surface area contributed by atoms with Crippen molar-refractivity contribution in [3.05, 3.63) is 35.4 Å². The Bertz CT molecular complexity index is 606. The highest BCUT2D eigenvalue weighted by molar-refractivity contribution is 7.15. The van der Waals surface area contributed by atoms with E-state index in [4.69, 9.17) is 0 Å². The molecule has 1 aliphatic rings. The van der Waals surface area contributed by atoms with Gasteiger partial charge in [0.15, 0.2) is 0 Å². The van der Waals surface area contributed by atoms with Crippen molar-refractivity contribution in [1.29, 1.82) is 0 Å². The van der Waals surface area contributed by atoms with Gasteiger partial charge in [-0.25, -0.2) is 0 Å². The Hall–Kier alpha value is -2.15. The first kappa shape index (κ1) is 11.9. The van der Waals surface area contributed by atoms with Crippen molar-refractivity contribution < 1.29 is 4.79 Å². The first-order valence-electron chi connectivity index (χ1n) is 5.90. The van der Waals surface area contributed by atoms with Crippen LogP contribution in [-0.4, -0.2) is 26.1 Å². The highest BCUT2D eigenvalue weighted by Gasteiger charge is 2.27. The second-order valence-electron chi connectivity index (χ2n) is 4.17. The Labute approximate surface area is 113 Å². The van der Waals surface area contributed by atoms with Crippen molar-refractivity contribution >= 4 is 28.5 Å². The summed E-state index contributed by atoms with van der Waals surface area (Å²) < 4.78 is 0. The Morgan fingerprint density at radius 2 is 2.26 bits per heavy atom. The lowest BCUT2D eigenvalue weighted by Gasteiger charge is -1.94. The Kier molecular flexibility index (Phi) is 3.28. The van der Waals surface area contributed by atoms with Gasteiger partial charge in [-0.1, -0.05) is 11.3 Å². The molecule has 0 radical (unpaired) electrons. The molecule has 3 rings (SSSR count). The molecule has 2 heterocycles. The number of amides is 1. The van der Waals surface area contributed by atoms with Crippen LogP contribution in [0.5, 0.6) is 0 Å². The van der Waals surface area contributed by atoms with Gasteiger partial charge < -0.3 is 0 Å². The number of carbonyl (C=O) groups is 1. The van der Waals surface area contributed by atoms with E-state index < -0.39 is 0 Å². The molecule has 0 bridgehead atoms. The van der Waals surface area contributed by atoms with Crippen molar-refractivity contribution in [2.24, 2.45) is 0 Å². The van der Waals surface area contributed by atoms with Gasteiger partial charge in [0.2, 0.25) is 11.0 Å². The zero-order valence-corrected chi connectivity index (χ0v) is 10.8. The van der Waals surface area contributed by atoms with Gasteiger partial charge >= 0.3 is 0 Å². The fourth-order valence-corrected chi connectivity index (χ4v) is 2.40. The smallest absolute Gasteiger partial charge is 0.250 e. The molecule has 0 atom stereocenters. The lowest BCUT2D eigenvalue weighted by Crippen LogP contribution is -2.07. The third-order valence-electron chi connectivity index (χ3n) is 2.59. The molecule has 1 N–H and O–H groups in total. The first-order chi connectivity index (χ1) is 9.31. The summed E-state index contributed by atoms with van der Waals surface area (Å²) in [6.07, 6.45) is 10.1. The molecular formula is C12H11N5OS. The standard InChI is InChI=1S/C12H11N5OS/c18-10(4-3-9-7-13-5-6-14-9)15-12-17-16-11(19-12)8-1-2-8/h3-8H,1-2H2,(H,15,17,18). The highest BCUT2D eigenvalue weighted by Crippen LogP contribution is 2.41. The molecule has 1 aliphatic carbocycles. The lowest BCUT2D eigenvalue weighted by atomic mass is 10.4. The maximum absolute atomic E-state index is 11.7. The normalized spacial score (nSPS) is 14.7. The monoisotopic (exact) mass is 273 g/mol. The third kappa shape index (κ3) is 3.19. The van der Waals surface area contributed by atoms with Gasteiger partial charge in [0.05, 0.1) is 11.9 Å². The summed E-state index contributed by atoms with van der Waals surface area (Å²) in [5.41, 5.74) is 0.633. The molecule has 1 saturated carbocycles. The molecule has 0 saturated heterocycles. The number of hydrogen-bond donors (Lipinski definition) is 1. The fourth-order valence-electron chi connectivity index (χ4n) is 1.49. The third-order valence-corrected chi connectivity index (χ3v) is 3.59. The highest BCUT2D eigenvalue weighted by atomic mass is 32.1. The molecule has 1 amide bonds. The first-order valence-corrected chi connectivity index (χ1v) is 6.71. The van der Waals surface area contributed by atoms with Gasteiger partial charge in [-0.2, -0.15) is 0 Å². The average molecular weight is 273 g/mol. The van der Waals surface area contributed by atoms with E-state index in [-0.39, 0.29) is 5.91 Å². The lowest BCUT2D eigenvalue weighted by molar-refractivity contribution is -0.111. The van der Waals surface area contributed by atoms with Crippen molar-refractivity contribution in [3.63, 3.8) is 0 Å². The van der Waals surface area contributed by atoms with Gasteiger partial charge in [0, 0.05) is 24.4 Å². The number of aromatic nitrogens is 4. The van der Waals surface area contributed by atoms with E-state index in [1.54, 1.807) is 24.7 Å². The van der Waals surface area contributed by atoms with E-state index in [2.05, 4.69) is 25.5 Å². The van der Waals surface area contributed by atoms with Crippen LogP contribution in [0.2, 0.25) is 0 Å². The van der Waals surface area contributed by atoms with Crippen LogP contribution in [0.3, 0.4) is 0 Å². The summed E-state index contributed by atoms with van der Waals surface area (Å²) in [6.45, 7) is 0. The minimum atomic E-state index is -0.246. The molecule has 2 aromatic rings. The Morgan fingerprint density at radius 1 is 1.37 bits per heavy atom. The second kappa shape index (κ2) is 5.23. The molecule has 96 valence electrons. The minimum absolute atomic E-state index is 0.246. The van der Waals surface area contributed by atoms with Gasteiger partial charge in [-0.3, -0.25) is 20.1 Å². The molecule has 0 spiro atoms. The van der Waals surface area contributed by atoms with Gasteiger partial charge in [-0.05, 0) is 18.9 Å². The molecule has 0 aromatic carbocycles. The van der Waals surface area contributed by atoms with Crippen LogP contribution in [0.1, 0.15) is 29.5 Å². The maximum atomic E-state index is 11.7. The van der Waals surface area contributed by atoms with Crippen LogP contribution in [0, 0.1) is 0 Å². The second-order valence-corrected chi connectivity index (χ2v) is 5.18. The van der Waals surface area contributed by atoms with E-state index in [0.29, 0.717) is 16.7 Å². The Balaban J connectivity index is 1.59. The van der Waals surface area contributed by atoms with Crippen molar-refractivity contribution in [2.75, 3.05) is 5.32 Å². The molecule has 0 unspecified atom stereocenters. The molecule has 6 nitrogen and oxygen atoms in total. The molecular weight excluding hydrogens is 262 g/mol. The van der Waals surface area contributed by atoms with Crippen LogP contribution in [0.4, 0.5) is 5.13 Å². The zero-order chi connectivity index (χ0) is 13.1. The van der Waals surface area contributed by atoms with Crippen molar-refractivity contribution in [2.45, 2.75) is 18.8 Å². The molecule has 1 fully saturated rings. The predicted molar refractivity (Wildman–Crippen MR) is 71.6 cm³/mol. The van der Waals surface area contributed by atoms with E-state index in [0.717, 1.165) is 5.01 Å². The number of anilines is 1. The van der Waals surface area contributed by atoms with E-state index >= 15 is 0 Å². The number of nitrogens with zero attached hydrogens (tertiary/aromatic N) is 4. The summed E-state index contributed by atoms with van der Waals surface area (Å²) in [6, 6.07) is 0. The van der Waals surface area contributed by atoms with Gasteiger partial charge in [0.1, 0.15) is 5.01 Å². The maximum Gasteiger partial charge on any atom is 0.250 e. The molecule has 2 aromatic heterocycles. The van der Waals surface area contributed by atoms with Crippen molar-refractivity contribution in [1.82, 2.24) is 20.2 Å². The number of nitrogens with one attached hydrogen (secondary N) is 1. The van der Waals surface area contributed by atoms with E-state index in [1.807, 2.05) is 0 Å². The topological polar surface area (TPSA) is 80.7 Å². The average Bonchev–Trinajstić information content (AvgIpc) is 3.19. The Morgan fingerprint density at radius 3 is 3.00 bits per heavy atom. The summed E-state index contributed by atoms with van der Waals surface area (Å²) in [4.78, 5) is 19.6. The minimum Gasteiger partial charge on any atom is -0.297 e. The zero-order valence-electron chi connectivity index (χ0n) is 9.98. The SMILES string of the molecule is O=C(C=Cc1cnccn1)Nc1nnc(C2CC2)s1. The van der Waals surface area contributed by atoms with Crippen molar-refractivity contribution in [3.8, 4) is 0 Å². The van der Waals surface area contributed by atoms with Crippen LogP contribution >= 0.6 is 11.3 Å². The summed E-state index contributed by atoms with van der Waals surface area (Å²) in [5, 5.41) is 12.2. The largest absolute Gasteiger partial charge is 0.297 e. The number of carbonyl (C=O) groups excluding carboxylic acids is 1.